The van der Waals surface area contributed by atoms with Crippen molar-refractivity contribution in [3.05, 3.63) is 30.5 Å². The topological polar surface area (TPSA) is 43.8 Å². The van der Waals surface area contributed by atoms with E-state index >= 15 is 0 Å². The number of hydrogen-bond acceptors (Lipinski definition) is 2. The molecule has 0 bridgehead atoms. The summed E-state index contributed by atoms with van der Waals surface area (Å²) < 4.78 is 2.18. The maximum atomic E-state index is 5.93. The third kappa shape index (κ3) is 1.61. The number of nitrogens with two attached hydrogens (primary N) is 1. The van der Waals surface area contributed by atoms with Gasteiger partial charge in [0.1, 0.15) is 0 Å². The molecule has 2 N–H and O–H groups in total. The second kappa shape index (κ2) is 3.91. The highest BCUT2D eigenvalue weighted by Gasteiger charge is 2.21. The van der Waals surface area contributed by atoms with Gasteiger partial charge >= 0.3 is 0 Å². The zero-order chi connectivity index (χ0) is 11.0. The molecule has 0 radical (unpaired) electrons. The van der Waals surface area contributed by atoms with Crippen LogP contribution in [0.5, 0.6) is 0 Å². The number of nitrogens with zero attached hydrogens (tertiary/aromatic N) is 2. The van der Waals surface area contributed by atoms with Gasteiger partial charge < -0.3 is 5.73 Å². The summed E-state index contributed by atoms with van der Waals surface area (Å²) in [6.07, 6.45) is 6.53. The molecule has 0 unspecified atom stereocenters. The van der Waals surface area contributed by atoms with E-state index in [1.807, 2.05) is 6.20 Å². The molecule has 0 saturated heterocycles. The van der Waals surface area contributed by atoms with Crippen LogP contribution in [0.25, 0.3) is 10.9 Å². The lowest BCUT2D eigenvalue weighted by Gasteiger charge is -2.26. The molecule has 1 aliphatic rings. The molecule has 1 aromatic heterocycles. The van der Waals surface area contributed by atoms with Gasteiger partial charge in [-0.1, -0.05) is 18.2 Å². The van der Waals surface area contributed by atoms with Crippen LogP contribution in [0.15, 0.2) is 30.5 Å². The van der Waals surface area contributed by atoms with Crippen molar-refractivity contribution in [2.45, 2.75) is 37.8 Å². The zero-order valence-electron chi connectivity index (χ0n) is 9.34. The van der Waals surface area contributed by atoms with Crippen LogP contribution in [-0.4, -0.2) is 15.8 Å². The van der Waals surface area contributed by atoms with E-state index in [1.165, 1.54) is 10.9 Å². The molecule has 0 atom stereocenters. The summed E-state index contributed by atoms with van der Waals surface area (Å²) >= 11 is 0. The van der Waals surface area contributed by atoms with Crippen LogP contribution in [-0.2, 0) is 0 Å². The molecule has 84 valence electrons. The molecule has 3 nitrogen and oxygen atoms in total. The average molecular weight is 215 g/mol. The fraction of sp³-hybridized carbons (Fsp3) is 0.462. The standard InChI is InChI=1S/C13H17N3/c14-11-5-7-12(8-6-11)16-13-4-2-1-3-10(13)9-15-16/h1-4,9,11-12H,5-8,14H2/t11-,12-. The Morgan fingerprint density at radius 1 is 1.12 bits per heavy atom. The molecule has 0 amide bonds. The van der Waals surface area contributed by atoms with Crippen LogP contribution in [0.3, 0.4) is 0 Å². The Morgan fingerprint density at radius 2 is 1.88 bits per heavy atom. The number of aromatic nitrogens is 2. The maximum Gasteiger partial charge on any atom is 0.0685 e. The van der Waals surface area contributed by atoms with Crippen molar-refractivity contribution in [2.75, 3.05) is 0 Å². The Labute approximate surface area is 95.2 Å². The van der Waals surface area contributed by atoms with Crippen molar-refractivity contribution in [1.29, 1.82) is 0 Å². The number of fused-ring (bicyclic) bond motifs is 1. The fourth-order valence-electron chi connectivity index (χ4n) is 2.63. The number of para-hydroxylation sites is 1. The SMILES string of the molecule is N[C@H]1CC[C@H](n2ncc3ccccc32)CC1. The molecular formula is C13H17N3. The minimum atomic E-state index is 0.401. The van der Waals surface area contributed by atoms with Crippen LogP contribution < -0.4 is 5.73 Å². The molecule has 0 spiro atoms. The first-order valence-electron chi connectivity index (χ1n) is 6.02. The molecule has 0 aliphatic heterocycles. The highest BCUT2D eigenvalue weighted by atomic mass is 15.3. The molecule has 3 heteroatoms. The van der Waals surface area contributed by atoms with Crippen molar-refractivity contribution in [2.24, 2.45) is 5.73 Å². The Bertz CT molecular complexity index is 481. The van der Waals surface area contributed by atoms with E-state index in [-0.39, 0.29) is 0 Å². The minimum Gasteiger partial charge on any atom is -0.328 e. The summed E-state index contributed by atoms with van der Waals surface area (Å²) in [7, 11) is 0. The second-order valence-electron chi connectivity index (χ2n) is 4.72. The molecule has 3 rings (SSSR count). The van der Waals surface area contributed by atoms with Gasteiger partial charge in [-0.3, -0.25) is 4.68 Å². The van der Waals surface area contributed by atoms with Crippen LogP contribution in [0.2, 0.25) is 0 Å². The van der Waals surface area contributed by atoms with E-state index in [0.29, 0.717) is 12.1 Å². The molecule has 1 saturated carbocycles. The van der Waals surface area contributed by atoms with E-state index in [2.05, 4.69) is 34.0 Å². The minimum absolute atomic E-state index is 0.401. The van der Waals surface area contributed by atoms with Crippen LogP contribution in [0, 0.1) is 0 Å². The van der Waals surface area contributed by atoms with Gasteiger partial charge in [-0.15, -0.1) is 0 Å². The quantitative estimate of drug-likeness (QED) is 0.794. The first-order chi connectivity index (χ1) is 7.84. The Morgan fingerprint density at radius 3 is 2.69 bits per heavy atom. The fourth-order valence-corrected chi connectivity index (χ4v) is 2.63. The predicted octanol–water partition coefficient (Wildman–Crippen LogP) is 2.48. The third-order valence-electron chi connectivity index (χ3n) is 3.59. The second-order valence-corrected chi connectivity index (χ2v) is 4.72. The molecule has 16 heavy (non-hydrogen) atoms. The molecular weight excluding hydrogens is 198 g/mol. The Hall–Kier alpha value is -1.35. The lowest BCUT2D eigenvalue weighted by Crippen LogP contribution is -2.28. The van der Waals surface area contributed by atoms with Crippen LogP contribution in [0.1, 0.15) is 31.7 Å². The predicted molar refractivity (Wildman–Crippen MR) is 65.2 cm³/mol. The van der Waals surface area contributed by atoms with Crippen molar-refractivity contribution >= 4 is 10.9 Å². The summed E-state index contributed by atoms with van der Waals surface area (Å²) in [5.74, 6) is 0. The van der Waals surface area contributed by atoms with Crippen molar-refractivity contribution in [3.8, 4) is 0 Å². The van der Waals surface area contributed by atoms with E-state index in [4.69, 9.17) is 5.73 Å². The average Bonchev–Trinajstić information content (AvgIpc) is 2.74. The van der Waals surface area contributed by atoms with E-state index in [9.17, 15) is 0 Å². The third-order valence-corrected chi connectivity index (χ3v) is 3.59. The molecule has 2 aromatic rings. The lowest BCUT2D eigenvalue weighted by molar-refractivity contribution is 0.311. The van der Waals surface area contributed by atoms with E-state index in [0.717, 1.165) is 25.7 Å². The zero-order valence-corrected chi connectivity index (χ0v) is 9.34. The van der Waals surface area contributed by atoms with Crippen molar-refractivity contribution < 1.29 is 0 Å². The Balaban J connectivity index is 1.94. The van der Waals surface area contributed by atoms with Gasteiger partial charge in [0.05, 0.1) is 17.8 Å². The summed E-state index contributed by atoms with van der Waals surface area (Å²) in [5, 5.41) is 5.75. The summed E-state index contributed by atoms with van der Waals surface area (Å²) in [6, 6.07) is 9.35. The summed E-state index contributed by atoms with van der Waals surface area (Å²) in [5.41, 5.74) is 7.19. The largest absolute Gasteiger partial charge is 0.328 e. The van der Waals surface area contributed by atoms with Gasteiger partial charge in [-0.25, -0.2) is 0 Å². The van der Waals surface area contributed by atoms with Crippen LogP contribution >= 0.6 is 0 Å². The first kappa shape index (κ1) is 9.85. The molecule has 1 aromatic carbocycles. The monoisotopic (exact) mass is 215 g/mol. The maximum absolute atomic E-state index is 5.93. The lowest BCUT2D eigenvalue weighted by atomic mass is 9.92. The Kier molecular flexibility index (Phi) is 2.40. The van der Waals surface area contributed by atoms with Gasteiger partial charge in [0, 0.05) is 11.4 Å². The normalized spacial score (nSPS) is 26.1. The summed E-state index contributed by atoms with van der Waals surface area (Å²) in [6.45, 7) is 0. The van der Waals surface area contributed by atoms with E-state index in [1.54, 1.807) is 0 Å². The van der Waals surface area contributed by atoms with Gasteiger partial charge in [-0.05, 0) is 31.7 Å². The number of benzene rings is 1. The van der Waals surface area contributed by atoms with Gasteiger partial charge in [0.15, 0.2) is 0 Å². The molecule has 1 aliphatic carbocycles. The van der Waals surface area contributed by atoms with Crippen molar-refractivity contribution in [3.63, 3.8) is 0 Å². The highest BCUT2D eigenvalue weighted by molar-refractivity contribution is 5.78. The van der Waals surface area contributed by atoms with Gasteiger partial charge in [0.25, 0.3) is 0 Å². The smallest absolute Gasteiger partial charge is 0.0685 e. The van der Waals surface area contributed by atoms with Gasteiger partial charge in [0.2, 0.25) is 0 Å². The van der Waals surface area contributed by atoms with Gasteiger partial charge in [-0.2, -0.15) is 5.10 Å². The molecule has 1 fully saturated rings. The first-order valence-corrected chi connectivity index (χ1v) is 6.02. The molecule has 1 heterocycles. The van der Waals surface area contributed by atoms with E-state index < -0.39 is 0 Å². The van der Waals surface area contributed by atoms with Crippen LogP contribution in [0.4, 0.5) is 0 Å². The summed E-state index contributed by atoms with van der Waals surface area (Å²) in [4.78, 5) is 0. The van der Waals surface area contributed by atoms with Crippen molar-refractivity contribution in [1.82, 2.24) is 9.78 Å². The number of hydrogen-bond donors (Lipinski definition) is 1. The highest BCUT2D eigenvalue weighted by Crippen LogP contribution is 2.29. The number of rotatable bonds is 1.